The molecule has 2 N–H and O–H groups in total. The third-order valence-corrected chi connectivity index (χ3v) is 2.71. The van der Waals surface area contributed by atoms with Crippen LogP contribution in [0.25, 0.3) is 12.2 Å². The van der Waals surface area contributed by atoms with E-state index in [-0.39, 0.29) is 24.9 Å². The monoisotopic (exact) mass is 324 g/mol. The molecular weight excluding hydrogens is 308 g/mol. The maximum Gasteiger partial charge on any atom is 0.244 e. The predicted octanol–water partition coefficient (Wildman–Crippen LogP) is 1.83. The van der Waals surface area contributed by atoms with Gasteiger partial charge in [0, 0.05) is 12.2 Å². The van der Waals surface area contributed by atoms with E-state index in [0.29, 0.717) is 11.5 Å². The lowest BCUT2D eigenvalue weighted by Gasteiger charge is -1.95. The quantitative estimate of drug-likeness (QED) is 0.627. The van der Waals surface area contributed by atoms with Crippen LogP contribution in [0.1, 0.15) is 11.5 Å². The number of amides is 2. The first-order chi connectivity index (χ1) is 11.7. The first-order valence-electron chi connectivity index (χ1n) is 7.18. The van der Waals surface area contributed by atoms with Crippen molar-refractivity contribution in [1.82, 2.24) is 10.6 Å². The number of hydrogen-bond acceptors (Lipinski definition) is 4. The molecule has 0 fully saturated rings. The maximum absolute atomic E-state index is 11.5. The molecule has 0 aliphatic heterocycles. The van der Waals surface area contributed by atoms with Crippen LogP contribution in [0, 0.1) is 11.8 Å². The Bertz CT molecular complexity index is 696. The summed E-state index contributed by atoms with van der Waals surface area (Å²) in [4.78, 5) is 23.0. The number of carbonyl (C=O) groups excluding carboxylic acids is 2. The van der Waals surface area contributed by atoms with Crippen molar-refractivity contribution in [3.63, 3.8) is 0 Å². The molecule has 122 valence electrons. The topological polar surface area (TPSA) is 84.5 Å². The number of rotatable bonds is 6. The van der Waals surface area contributed by atoms with Crippen LogP contribution in [-0.2, 0) is 9.59 Å². The van der Waals surface area contributed by atoms with E-state index in [2.05, 4.69) is 22.5 Å². The smallest absolute Gasteiger partial charge is 0.244 e. The van der Waals surface area contributed by atoms with Gasteiger partial charge in [0.15, 0.2) is 0 Å². The van der Waals surface area contributed by atoms with Crippen molar-refractivity contribution < 1.29 is 18.4 Å². The Morgan fingerprint density at radius 2 is 1.33 bits per heavy atom. The van der Waals surface area contributed by atoms with Crippen molar-refractivity contribution in [1.29, 1.82) is 0 Å². The average molecular weight is 324 g/mol. The highest BCUT2D eigenvalue weighted by atomic mass is 16.3. The van der Waals surface area contributed by atoms with Gasteiger partial charge in [-0.05, 0) is 36.4 Å². The Balaban J connectivity index is 1.60. The van der Waals surface area contributed by atoms with E-state index in [9.17, 15) is 9.59 Å². The third kappa shape index (κ3) is 6.54. The van der Waals surface area contributed by atoms with E-state index >= 15 is 0 Å². The van der Waals surface area contributed by atoms with Crippen LogP contribution in [0.15, 0.2) is 57.8 Å². The normalized spacial score (nSPS) is 10.5. The fraction of sp³-hybridized carbons (Fsp3) is 0.111. The first-order valence-corrected chi connectivity index (χ1v) is 7.18. The van der Waals surface area contributed by atoms with Crippen molar-refractivity contribution in [2.45, 2.75) is 0 Å². The molecule has 0 atom stereocenters. The summed E-state index contributed by atoms with van der Waals surface area (Å²) in [6, 6.07) is 6.96. The second kappa shape index (κ2) is 9.54. The van der Waals surface area contributed by atoms with Gasteiger partial charge in [-0.3, -0.25) is 9.59 Å². The predicted molar refractivity (Wildman–Crippen MR) is 89.3 cm³/mol. The van der Waals surface area contributed by atoms with Gasteiger partial charge in [0.05, 0.1) is 25.6 Å². The number of nitrogens with one attached hydrogen (secondary N) is 2. The largest absolute Gasteiger partial charge is 0.465 e. The standard InChI is InChI=1S/C18H16N2O4/c21-17(9-7-15-5-3-13-23-15)19-11-1-2-12-20-18(22)10-8-16-6-4-14-24-16/h3-10,13-14H,11-12H2,(H,19,21)(H,20,22)/b9-7+,10-8+. The Morgan fingerprint density at radius 1 is 0.875 bits per heavy atom. The average Bonchev–Trinajstić information content (AvgIpc) is 3.27. The summed E-state index contributed by atoms with van der Waals surface area (Å²) in [5, 5.41) is 5.19. The van der Waals surface area contributed by atoms with Crippen LogP contribution in [0.5, 0.6) is 0 Å². The van der Waals surface area contributed by atoms with E-state index in [1.165, 1.54) is 24.7 Å². The maximum atomic E-state index is 11.5. The molecule has 2 amide bonds. The summed E-state index contributed by atoms with van der Waals surface area (Å²) < 4.78 is 10.1. The molecule has 6 nitrogen and oxygen atoms in total. The Hall–Kier alpha value is -3.46. The first kappa shape index (κ1) is 16.9. The highest BCUT2D eigenvalue weighted by molar-refractivity contribution is 5.92. The van der Waals surface area contributed by atoms with Gasteiger partial charge in [-0.1, -0.05) is 11.8 Å². The van der Waals surface area contributed by atoms with Crippen LogP contribution < -0.4 is 10.6 Å². The molecule has 0 radical (unpaired) electrons. The van der Waals surface area contributed by atoms with Gasteiger partial charge in [-0.15, -0.1) is 0 Å². The van der Waals surface area contributed by atoms with E-state index < -0.39 is 0 Å². The van der Waals surface area contributed by atoms with Gasteiger partial charge in [-0.25, -0.2) is 0 Å². The Morgan fingerprint density at radius 3 is 1.71 bits per heavy atom. The van der Waals surface area contributed by atoms with Crippen LogP contribution in [0.3, 0.4) is 0 Å². The minimum absolute atomic E-state index is 0.194. The lowest BCUT2D eigenvalue weighted by atomic mass is 10.4. The zero-order valence-electron chi connectivity index (χ0n) is 12.8. The van der Waals surface area contributed by atoms with E-state index in [1.54, 1.807) is 36.4 Å². The van der Waals surface area contributed by atoms with E-state index in [0.717, 1.165) is 0 Å². The molecule has 0 bridgehead atoms. The molecule has 2 aromatic heterocycles. The summed E-state index contributed by atoms with van der Waals surface area (Å²) in [6.07, 6.45) is 8.91. The third-order valence-electron chi connectivity index (χ3n) is 2.71. The molecule has 24 heavy (non-hydrogen) atoms. The lowest BCUT2D eigenvalue weighted by molar-refractivity contribution is -0.117. The second-order valence-electron chi connectivity index (χ2n) is 4.49. The fourth-order valence-corrected chi connectivity index (χ4v) is 1.59. The molecular formula is C18H16N2O4. The zero-order chi connectivity index (χ0) is 17.0. The Labute approximate surface area is 139 Å². The van der Waals surface area contributed by atoms with Crippen molar-refractivity contribution in [2.24, 2.45) is 0 Å². The molecule has 0 aliphatic carbocycles. The summed E-state index contributed by atoms with van der Waals surface area (Å²) >= 11 is 0. The van der Waals surface area contributed by atoms with Gasteiger partial charge in [0.25, 0.3) is 0 Å². The van der Waals surface area contributed by atoms with Crippen molar-refractivity contribution in [2.75, 3.05) is 13.1 Å². The molecule has 0 saturated heterocycles. The number of hydrogen-bond donors (Lipinski definition) is 2. The molecule has 0 spiro atoms. The molecule has 6 heteroatoms. The van der Waals surface area contributed by atoms with Crippen LogP contribution in [0.2, 0.25) is 0 Å². The van der Waals surface area contributed by atoms with Gasteiger partial charge < -0.3 is 19.5 Å². The lowest BCUT2D eigenvalue weighted by Crippen LogP contribution is -2.22. The van der Waals surface area contributed by atoms with Gasteiger partial charge >= 0.3 is 0 Å². The molecule has 2 aromatic rings. The van der Waals surface area contributed by atoms with Gasteiger partial charge in [-0.2, -0.15) is 0 Å². The molecule has 0 unspecified atom stereocenters. The highest BCUT2D eigenvalue weighted by Gasteiger charge is 1.95. The van der Waals surface area contributed by atoms with Crippen LogP contribution in [0.4, 0.5) is 0 Å². The highest BCUT2D eigenvalue weighted by Crippen LogP contribution is 2.02. The van der Waals surface area contributed by atoms with Crippen molar-refractivity contribution in [3.8, 4) is 11.8 Å². The van der Waals surface area contributed by atoms with Crippen molar-refractivity contribution >= 4 is 24.0 Å². The minimum Gasteiger partial charge on any atom is -0.465 e. The summed E-state index contributed by atoms with van der Waals surface area (Å²) in [6.45, 7) is 0.388. The molecule has 0 aromatic carbocycles. The van der Waals surface area contributed by atoms with E-state index in [1.807, 2.05) is 0 Å². The molecule has 0 saturated carbocycles. The molecule has 0 aliphatic rings. The summed E-state index contributed by atoms with van der Waals surface area (Å²) in [5.74, 6) is 6.13. The Kier molecular flexibility index (Phi) is 6.72. The summed E-state index contributed by atoms with van der Waals surface area (Å²) in [5.41, 5.74) is 0. The fourth-order valence-electron chi connectivity index (χ4n) is 1.59. The molecule has 2 heterocycles. The minimum atomic E-state index is -0.272. The number of carbonyl (C=O) groups is 2. The number of furan rings is 2. The van der Waals surface area contributed by atoms with E-state index in [4.69, 9.17) is 8.83 Å². The summed E-state index contributed by atoms with van der Waals surface area (Å²) in [7, 11) is 0. The van der Waals surface area contributed by atoms with Gasteiger partial charge in [0.2, 0.25) is 11.8 Å². The van der Waals surface area contributed by atoms with Gasteiger partial charge in [0.1, 0.15) is 11.5 Å². The SMILES string of the molecule is O=C(/C=C/c1ccco1)NCC#CCNC(=O)/C=C/c1ccco1. The molecule has 2 rings (SSSR count). The zero-order valence-corrected chi connectivity index (χ0v) is 12.8. The van der Waals surface area contributed by atoms with Crippen molar-refractivity contribution in [3.05, 3.63) is 60.5 Å². The van der Waals surface area contributed by atoms with Crippen LogP contribution in [-0.4, -0.2) is 24.9 Å². The van der Waals surface area contributed by atoms with Crippen LogP contribution >= 0.6 is 0 Å². The second-order valence-corrected chi connectivity index (χ2v) is 4.49.